The van der Waals surface area contributed by atoms with Crippen LogP contribution in [0.4, 0.5) is 0 Å². The Bertz CT molecular complexity index is 280. The van der Waals surface area contributed by atoms with Crippen molar-refractivity contribution >= 4 is 11.9 Å². The number of nitrogens with two attached hydrogens (primary N) is 1. The normalized spacial score (nSPS) is 12.8. The Hall–Kier alpha value is -1.14. The highest BCUT2D eigenvalue weighted by Gasteiger charge is 2.23. The average molecular weight is 259 g/mol. The molecule has 3 N–H and O–H groups in total. The van der Waals surface area contributed by atoms with E-state index in [1.54, 1.807) is 4.90 Å². The van der Waals surface area contributed by atoms with Crippen molar-refractivity contribution in [3.8, 4) is 0 Å². The van der Waals surface area contributed by atoms with Gasteiger partial charge in [-0.15, -0.1) is 0 Å². The summed E-state index contributed by atoms with van der Waals surface area (Å²) in [4.78, 5) is 26.2. The Kier molecular flexibility index (Phi) is 7.54. The third-order valence-corrected chi connectivity index (χ3v) is 2.43. The van der Waals surface area contributed by atoms with E-state index in [0.29, 0.717) is 19.0 Å². The van der Waals surface area contributed by atoms with Crippen molar-refractivity contribution in [1.82, 2.24) is 9.80 Å². The molecule has 0 rings (SSSR count). The molecule has 0 bridgehead atoms. The van der Waals surface area contributed by atoms with E-state index in [-0.39, 0.29) is 12.3 Å². The molecule has 0 heterocycles. The predicted molar refractivity (Wildman–Crippen MR) is 70.2 cm³/mol. The smallest absolute Gasteiger partial charge is 0.305 e. The van der Waals surface area contributed by atoms with Crippen LogP contribution in [0.2, 0.25) is 0 Å². The summed E-state index contributed by atoms with van der Waals surface area (Å²) in [5, 5.41) is 8.66. The molecule has 18 heavy (non-hydrogen) atoms. The van der Waals surface area contributed by atoms with E-state index in [1.807, 2.05) is 32.8 Å². The summed E-state index contributed by atoms with van der Waals surface area (Å²) in [5.41, 5.74) is 5.62. The van der Waals surface area contributed by atoms with Gasteiger partial charge >= 0.3 is 5.97 Å². The lowest BCUT2D eigenvalue weighted by Crippen LogP contribution is -2.48. The van der Waals surface area contributed by atoms with Crippen LogP contribution in [0.5, 0.6) is 0 Å². The number of carboxylic acid groups (broad SMARTS) is 1. The SMILES string of the molecule is CC(C)CN(CCN(C)C)C(=O)C(N)CC(=O)O. The van der Waals surface area contributed by atoms with Crippen LogP contribution in [0.25, 0.3) is 0 Å². The first-order chi connectivity index (χ1) is 8.23. The summed E-state index contributed by atoms with van der Waals surface area (Å²) in [6.45, 7) is 5.92. The van der Waals surface area contributed by atoms with Gasteiger partial charge in [0.05, 0.1) is 12.5 Å². The van der Waals surface area contributed by atoms with Gasteiger partial charge in [-0.05, 0) is 20.0 Å². The van der Waals surface area contributed by atoms with E-state index in [4.69, 9.17) is 10.8 Å². The molecule has 1 amide bonds. The molecule has 0 spiro atoms. The number of aliphatic carboxylic acids is 1. The van der Waals surface area contributed by atoms with Crippen LogP contribution in [0, 0.1) is 5.92 Å². The van der Waals surface area contributed by atoms with Crippen molar-refractivity contribution in [3.63, 3.8) is 0 Å². The monoisotopic (exact) mass is 259 g/mol. The van der Waals surface area contributed by atoms with Crippen LogP contribution < -0.4 is 5.73 Å². The largest absolute Gasteiger partial charge is 0.481 e. The number of hydrogen-bond donors (Lipinski definition) is 2. The molecule has 0 fully saturated rings. The zero-order chi connectivity index (χ0) is 14.3. The Morgan fingerprint density at radius 3 is 2.17 bits per heavy atom. The van der Waals surface area contributed by atoms with Gasteiger partial charge in [-0.3, -0.25) is 9.59 Å². The molecule has 106 valence electrons. The average Bonchev–Trinajstić information content (AvgIpc) is 2.21. The van der Waals surface area contributed by atoms with Gasteiger partial charge in [-0.25, -0.2) is 0 Å². The highest BCUT2D eigenvalue weighted by atomic mass is 16.4. The number of nitrogens with zero attached hydrogens (tertiary/aromatic N) is 2. The molecular formula is C12H25N3O3. The van der Waals surface area contributed by atoms with Crippen LogP contribution >= 0.6 is 0 Å². The Morgan fingerprint density at radius 1 is 1.22 bits per heavy atom. The lowest BCUT2D eigenvalue weighted by atomic mass is 10.1. The van der Waals surface area contributed by atoms with E-state index in [2.05, 4.69) is 0 Å². The Morgan fingerprint density at radius 2 is 1.78 bits per heavy atom. The Balaban J connectivity index is 4.52. The third kappa shape index (κ3) is 7.24. The van der Waals surface area contributed by atoms with Gasteiger partial charge in [0.2, 0.25) is 5.91 Å². The fourth-order valence-electron chi connectivity index (χ4n) is 1.56. The summed E-state index contributed by atoms with van der Waals surface area (Å²) >= 11 is 0. The molecule has 6 heteroatoms. The number of carboxylic acids is 1. The minimum atomic E-state index is -1.05. The van der Waals surface area contributed by atoms with Gasteiger partial charge in [0.15, 0.2) is 0 Å². The van der Waals surface area contributed by atoms with Crippen LogP contribution in [0.1, 0.15) is 20.3 Å². The number of carbonyl (C=O) groups is 2. The molecule has 0 aromatic heterocycles. The van der Waals surface area contributed by atoms with Crippen molar-refractivity contribution in [1.29, 1.82) is 0 Å². The lowest BCUT2D eigenvalue weighted by Gasteiger charge is -2.28. The highest BCUT2D eigenvalue weighted by molar-refractivity contribution is 5.86. The first kappa shape index (κ1) is 16.9. The van der Waals surface area contributed by atoms with Gasteiger partial charge in [0.25, 0.3) is 0 Å². The molecule has 0 saturated heterocycles. The number of hydrogen-bond acceptors (Lipinski definition) is 4. The summed E-state index contributed by atoms with van der Waals surface area (Å²) in [7, 11) is 3.85. The van der Waals surface area contributed by atoms with Gasteiger partial charge in [0, 0.05) is 19.6 Å². The van der Waals surface area contributed by atoms with Gasteiger partial charge in [-0.2, -0.15) is 0 Å². The number of likely N-dealkylation sites (N-methyl/N-ethyl adjacent to an activating group) is 1. The minimum absolute atomic E-state index is 0.284. The lowest BCUT2D eigenvalue weighted by molar-refractivity contribution is -0.142. The maximum absolute atomic E-state index is 12.0. The molecule has 0 aromatic rings. The van der Waals surface area contributed by atoms with E-state index in [1.165, 1.54) is 0 Å². The molecule has 1 unspecified atom stereocenters. The van der Waals surface area contributed by atoms with Crippen molar-refractivity contribution < 1.29 is 14.7 Å². The van der Waals surface area contributed by atoms with Crippen molar-refractivity contribution in [2.45, 2.75) is 26.3 Å². The van der Waals surface area contributed by atoms with Crippen LogP contribution in [-0.4, -0.2) is 66.6 Å². The molecule has 0 aliphatic rings. The summed E-state index contributed by atoms with van der Waals surface area (Å²) in [5.74, 6) is -1.01. The first-order valence-electron chi connectivity index (χ1n) is 6.15. The molecule has 1 atom stereocenters. The van der Waals surface area contributed by atoms with E-state index < -0.39 is 12.0 Å². The number of amides is 1. The third-order valence-electron chi connectivity index (χ3n) is 2.43. The second-order valence-corrected chi connectivity index (χ2v) is 5.19. The second-order valence-electron chi connectivity index (χ2n) is 5.19. The van der Waals surface area contributed by atoms with Gasteiger partial charge < -0.3 is 20.6 Å². The van der Waals surface area contributed by atoms with Gasteiger partial charge in [0.1, 0.15) is 0 Å². The first-order valence-corrected chi connectivity index (χ1v) is 6.15. The maximum Gasteiger partial charge on any atom is 0.305 e. The van der Waals surface area contributed by atoms with Crippen LogP contribution in [0.3, 0.4) is 0 Å². The summed E-state index contributed by atoms with van der Waals surface area (Å²) in [6.07, 6.45) is -0.324. The predicted octanol–water partition coefficient (Wildman–Crippen LogP) is -0.165. The molecule has 0 aliphatic heterocycles. The highest BCUT2D eigenvalue weighted by Crippen LogP contribution is 2.03. The molecule has 0 aromatic carbocycles. The molecule has 0 radical (unpaired) electrons. The van der Waals surface area contributed by atoms with Crippen LogP contribution in [-0.2, 0) is 9.59 Å². The molecule has 0 aliphatic carbocycles. The summed E-state index contributed by atoms with van der Waals surface area (Å²) < 4.78 is 0. The number of carbonyl (C=O) groups excluding carboxylic acids is 1. The quantitative estimate of drug-likeness (QED) is 0.632. The van der Waals surface area contributed by atoms with Gasteiger partial charge in [-0.1, -0.05) is 13.8 Å². The second kappa shape index (κ2) is 8.05. The van der Waals surface area contributed by atoms with E-state index >= 15 is 0 Å². The fraction of sp³-hybridized carbons (Fsp3) is 0.833. The zero-order valence-corrected chi connectivity index (χ0v) is 11.7. The van der Waals surface area contributed by atoms with Crippen LogP contribution in [0.15, 0.2) is 0 Å². The molecular weight excluding hydrogens is 234 g/mol. The maximum atomic E-state index is 12.0. The number of rotatable bonds is 8. The van der Waals surface area contributed by atoms with Crippen molar-refractivity contribution in [2.24, 2.45) is 11.7 Å². The zero-order valence-electron chi connectivity index (χ0n) is 11.7. The van der Waals surface area contributed by atoms with Crippen molar-refractivity contribution in [3.05, 3.63) is 0 Å². The van der Waals surface area contributed by atoms with Crippen molar-refractivity contribution in [2.75, 3.05) is 33.7 Å². The summed E-state index contributed by atoms with van der Waals surface area (Å²) in [6, 6.07) is -0.955. The standard InChI is InChI=1S/C12H25N3O3/c1-9(2)8-15(6-5-14(3)4)12(18)10(13)7-11(16)17/h9-10H,5-8,13H2,1-4H3,(H,16,17). The van der Waals surface area contributed by atoms with E-state index in [0.717, 1.165) is 6.54 Å². The topological polar surface area (TPSA) is 86.9 Å². The van der Waals surface area contributed by atoms with E-state index in [9.17, 15) is 9.59 Å². The molecule has 6 nitrogen and oxygen atoms in total. The Labute approximate surface area is 109 Å². The fourth-order valence-corrected chi connectivity index (χ4v) is 1.56. The molecule has 0 saturated carbocycles. The minimum Gasteiger partial charge on any atom is -0.481 e.